The molecule has 0 unspecified atom stereocenters. The van der Waals surface area contributed by atoms with Crippen molar-refractivity contribution in [2.45, 2.75) is 33.8 Å². The van der Waals surface area contributed by atoms with Gasteiger partial charge in [0.1, 0.15) is 23.3 Å². The van der Waals surface area contributed by atoms with Gasteiger partial charge in [-0.05, 0) is 55.2 Å². The summed E-state index contributed by atoms with van der Waals surface area (Å²) in [6.07, 6.45) is 2.22. The van der Waals surface area contributed by atoms with Crippen LogP contribution in [0.4, 0.5) is 5.13 Å². The molecule has 0 saturated carbocycles. The zero-order chi connectivity index (χ0) is 23.1. The van der Waals surface area contributed by atoms with Gasteiger partial charge in [0.25, 0.3) is 5.91 Å². The molecule has 1 N–H and O–H groups in total. The van der Waals surface area contributed by atoms with E-state index in [1.165, 1.54) is 23.0 Å². The Kier molecular flexibility index (Phi) is 7.58. The number of ether oxygens (including phenoxy) is 2. The minimum Gasteiger partial charge on any atom is -0.493 e. The van der Waals surface area contributed by atoms with E-state index in [-0.39, 0.29) is 5.57 Å². The fraction of sp³-hybridized carbons (Fsp3) is 0.250. The number of hydrogen-bond acceptors (Lipinski definition) is 7. The number of nitrogens with one attached hydrogen (secondary N) is 1. The van der Waals surface area contributed by atoms with Crippen molar-refractivity contribution in [3.8, 4) is 17.6 Å². The molecule has 0 aliphatic rings. The molecule has 3 rings (SSSR count). The van der Waals surface area contributed by atoms with Gasteiger partial charge in [0.05, 0.1) is 7.11 Å². The summed E-state index contributed by atoms with van der Waals surface area (Å²) in [4.78, 5) is 12.5. The quantitative estimate of drug-likeness (QED) is 0.391. The van der Waals surface area contributed by atoms with Crippen LogP contribution in [0.1, 0.15) is 34.2 Å². The minimum atomic E-state index is -0.541. The molecule has 2 aromatic carbocycles. The Balaban J connectivity index is 1.75. The van der Waals surface area contributed by atoms with E-state index in [1.54, 1.807) is 25.3 Å². The summed E-state index contributed by atoms with van der Waals surface area (Å²) in [6, 6.07) is 13.4. The maximum atomic E-state index is 12.5. The molecule has 164 valence electrons. The van der Waals surface area contributed by atoms with Crippen molar-refractivity contribution in [2.24, 2.45) is 0 Å². The van der Waals surface area contributed by atoms with Gasteiger partial charge in [-0.15, -0.1) is 10.2 Å². The lowest BCUT2D eigenvalue weighted by Crippen LogP contribution is -2.13. The maximum Gasteiger partial charge on any atom is 0.268 e. The van der Waals surface area contributed by atoms with Gasteiger partial charge in [-0.3, -0.25) is 10.1 Å². The number of rotatable bonds is 8. The molecule has 0 atom stereocenters. The molecule has 1 aromatic heterocycles. The Morgan fingerprint density at radius 2 is 2.00 bits per heavy atom. The minimum absolute atomic E-state index is 0.0515. The lowest BCUT2D eigenvalue weighted by atomic mass is 10.1. The van der Waals surface area contributed by atoms with Crippen molar-refractivity contribution < 1.29 is 14.3 Å². The zero-order valence-electron chi connectivity index (χ0n) is 18.4. The molecule has 1 amide bonds. The highest BCUT2D eigenvalue weighted by Crippen LogP contribution is 2.30. The van der Waals surface area contributed by atoms with Crippen LogP contribution < -0.4 is 14.8 Å². The predicted molar refractivity (Wildman–Crippen MR) is 125 cm³/mol. The van der Waals surface area contributed by atoms with Gasteiger partial charge >= 0.3 is 0 Å². The van der Waals surface area contributed by atoms with E-state index in [0.29, 0.717) is 28.8 Å². The van der Waals surface area contributed by atoms with E-state index in [4.69, 9.17) is 9.47 Å². The van der Waals surface area contributed by atoms with Crippen LogP contribution in [0, 0.1) is 25.2 Å². The molecule has 1 heterocycles. The maximum absolute atomic E-state index is 12.5. The monoisotopic (exact) mass is 448 g/mol. The lowest BCUT2D eigenvalue weighted by Gasteiger charge is -2.13. The average molecular weight is 449 g/mol. The molecule has 0 radical (unpaired) electrons. The summed E-state index contributed by atoms with van der Waals surface area (Å²) >= 11 is 1.28. The van der Waals surface area contributed by atoms with Crippen LogP contribution in [0.5, 0.6) is 11.5 Å². The first-order valence-electron chi connectivity index (χ1n) is 10.1. The van der Waals surface area contributed by atoms with E-state index >= 15 is 0 Å². The fourth-order valence-electron chi connectivity index (χ4n) is 2.93. The van der Waals surface area contributed by atoms with E-state index in [9.17, 15) is 10.1 Å². The second-order valence-electron chi connectivity index (χ2n) is 7.11. The van der Waals surface area contributed by atoms with Gasteiger partial charge in [-0.25, -0.2) is 0 Å². The molecule has 0 aliphatic carbocycles. The van der Waals surface area contributed by atoms with E-state index in [2.05, 4.69) is 33.7 Å². The average Bonchev–Trinajstić information content (AvgIpc) is 3.25. The Labute approximate surface area is 191 Å². The number of nitrogens with zero attached hydrogens (tertiary/aromatic N) is 3. The van der Waals surface area contributed by atoms with Gasteiger partial charge < -0.3 is 9.47 Å². The van der Waals surface area contributed by atoms with Gasteiger partial charge in [0, 0.05) is 0 Å². The van der Waals surface area contributed by atoms with Gasteiger partial charge in [0.15, 0.2) is 11.5 Å². The SMILES string of the molecule is CCc1nnc(NC(=O)/C(C#N)=C\c2ccc(OCc3cc(C)ccc3C)c(OC)c2)s1. The van der Waals surface area contributed by atoms with Crippen LogP contribution in [-0.4, -0.2) is 23.2 Å². The van der Waals surface area contributed by atoms with Gasteiger partial charge in [-0.2, -0.15) is 5.26 Å². The summed E-state index contributed by atoms with van der Waals surface area (Å²) in [7, 11) is 1.55. The first-order valence-corrected chi connectivity index (χ1v) is 10.9. The van der Waals surface area contributed by atoms with Crippen LogP contribution in [0.15, 0.2) is 42.0 Å². The van der Waals surface area contributed by atoms with Crippen molar-refractivity contribution in [3.05, 3.63) is 69.2 Å². The number of benzene rings is 2. The number of amides is 1. The fourth-order valence-corrected chi connectivity index (χ4v) is 3.61. The summed E-state index contributed by atoms with van der Waals surface area (Å²) in [5, 5.41) is 21.1. The van der Waals surface area contributed by atoms with Crippen molar-refractivity contribution >= 4 is 28.5 Å². The molecule has 0 bridgehead atoms. The number of nitriles is 1. The highest BCUT2D eigenvalue weighted by atomic mass is 32.1. The van der Waals surface area contributed by atoms with Crippen LogP contribution >= 0.6 is 11.3 Å². The summed E-state index contributed by atoms with van der Waals surface area (Å²) < 4.78 is 11.4. The van der Waals surface area contributed by atoms with Crippen LogP contribution in [0.25, 0.3) is 6.08 Å². The zero-order valence-corrected chi connectivity index (χ0v) is 19.2. The van der Waals surface area contributed by atoms with E-state index in [1.807, 2.05) is 26.8 Å². The standard InChI is InChI=1S/C24H24N4O3S/c1-5-22-27-28-24(32-22)26-23(29)18(13-25)11-17-8-9-20(21(12-17)30-4)31-14-19-10-15(2)6-7-16(19)3/h6-12H,5,14H2,1-4H3,(H,26,28,29)/b18-11-. The lowest BCUT2D eigenvalue weighted by molar-refractivity contribution is -0.112. The van der Waals surface area contributed by atoms with E-state index < -0.39 is 5.91 Å². The van der Waals surface area contributed by atoms with Crippen molar-refractivity contribution in [3.63, 3.8) is 0 Å². The summed E-state index contributed by atoms with van der Waals surface area (Å²) in [5.41, 5.74) is 4.01. The number of carbonyl (C=O) groups excluding carboxylic acids is 1. The smallest absolute Gasteiger partial charge is 0.268 e. The topological polar surface area (TPSA) is 97.1 Å². The number of aryl methyl sites for hydroxylation is 3. The first kappa shape index (κ1) is 23.0. The first-order chi connectivity index (χ1) is 15.4. The number of anilines is 1. The molecule has 32 heavy (non-hydrogen) atoms. The summed E-state index contributed by atoms with van der Waals surface area (Å²) in [6.45, 7) is 6.45. The Hall–Kier alpha value is -3.70. The molecular formula is C24H24N4O3S. The number of hydrogen-bond donors (Lipinski definition) is 1. The van der Waals surface area contributed by atoms with Gasteiger partial charge in [0.2, 0.25) is 5.13 Å². The third kappa shape index (κ3) is 5.71. The van der Waals surface area contributed by atoms with Crippen molar-refractivity contribution in [2.75, 3.05) is 12.4 Å². The summed E-state index contributed by atoms with van der Waals surface area (Å²) in [5.74, 6) is 0.549. The molecule has 0 fully saturated rings. The van der Waals surface area contributed by atoms with E-state index in [0.717, 1.165) is 22.6 Å². The molecule has 0 spiro atoms. The number of methoxy groups -OCH3 is 1. The van der Waals surface area contributed by atoms with Crippen LogP contribution in [0.2, 0.25) is 0 Å². The predicted octanol–water partition coefficient (Wildman–Crippen LogP) is 4.85. The Morgan fingerprint density at radius 1 is 1.19 bits per heavy atom. The van der Waals surface area contributed by atoms with Gasteiger partial charge in [-0.1, -0.05) is 48.1 Å². The van der Waals surface area contributed by atoms with Crippen LogP contribution in [0.3, 0.4) is 0 Å². The van der Waals surface area contributed by atoms with Crippen LogP contribution in [-0.2, 0) is 17.8 Å². The molecule has 0 saturated heterocycles. The number of carbonyl (C=O) groups is 1. The third-order valence-corrected chi connectivity index (χ3v) is 5.72. The number of aromatic nitrogens is 2. The Morgan fingerprint density at radius 3 is 2.69 bits per heavy atom. The molecule has 8 heteroatoms. The Bertz CT molecular complexity index is 1190. The van der Waals surface area contributed by atoms with Crippen molar-refractivity contribution in [1.29, 1.82) is 5.26 Å². The molecule has 7 nitrogen and oxygen atoms in total. The highest BCUT2D eigenvalue weighted by molar-refractivity contribution is 7.15. The molecule has 0 aliphatic heterocycles. The normalized spacial score (nSPS) is 11.0. The second kappa shape index (κ2) is 10.6. The largest absolute Gasteiger partial charge is 0.493 e. The van der Waals surface area contributed by atoms with Crippen molar-refractivity contribution in [1.82, 2.24) is 10.2 Å². The highest BCUT2D eigenvalue weighted by Gasteiger charge is 2.14. The molecular weight excluding hydrogens is 424 g/mol. The third-order valence-electron chi connectivity index (χ3n) is 4.74. The second-order valence-corrected chi connectivity index (χ2v) is 8.17. The molecule has 3 aromatic rings.